The van der Waals surface area contributed by atoms with Gasteiger partial charge in [-0.15, -0.1) is 0 Å². The Morgan fingerprint density at radius 1 is 1.12 bits per heavy atom. The van der Waals surface area contributed by atoms with E-state index < -0.39 is 6.10 Å². The van der Waals surface area contributed by atoms with Crippen molar-refractivity contribution in [3.8, 4) is 0 Å². The molecule has 0 bridgehead atoms. The van der Waals surface area contributed by atoms with E-state index in [-0.39, 0.29) is 5.91 Å². The van der Waals surface area contributed by atoms with Crippen molar-refractivity contribution in [2.75, 3.05) is 40.3 Å². The number of carbonyl (C=O) groups excluding carboxylic acids is 1. The third kappa shape index (κ3) is 6.80. The third-order valence-corrected chi connectivity index (χ3v) is 5.55. The number of β-amino-alcohol motifs (C(OH)–C–C–N with tert-alkyl or cyclic N) is 1. The Balaban J connectivity index is 1.49. The van der Waals surface area contributed by atoms with Crippen LogP contribution in [0.5, 0.6) is 0 Å². The number of nitrogens with zero attached hydrogens (tertiary/aromatic N) is 3. The summed E-state index contributed by atoms with van der Waals surface area (Å²) in [5.74, 6) is 0.658. The summed E-state index contributed by atoms with van der Waals surface area (Å²) in [5.41, 5.74) is 4.45. The van der Waals surface area contributed by atoms with Gasteiger partial charge in [-0.25, -0.2) is 4.99 Å². The number of nitrogens with one attached hydrogen (secondary N) is 2. The van der Waals surface area contributed by atoms with Gasteiger partial charge in [-0.3, -0.25) is 9.69 Å². The van der Waals surface area contributed by atoms with E-state index in [0.717, 1.165) is 31.6 Å². The van der Waals surface area contributed by atoms with Crippen LogP contribution in [0.4, 0.5) is 0 Å². The van der Waals surface area contributed by atoms with Gasteiger partial charge in [-0.05, 0) is 42.2 Å². The van der Waals surface area contributed by atoms with Gasteiger partial charge in [0.25, 0.3) is 5.91 Å². The van der Waals surface area contributed by atoms with Crippen molar-refractivity contribution < 1.29 is 9.90 Å². The molecule has 7 heteroatoms. The first kappa shape index (κ1) is 23.8. The van der Waals surface area contributed by atoms with E-state index in [0.29, 0.717) is 31.2 Å². The summed E-state index contributed by atoms with van der Waals surface area (Å²) in [4.78, 5) is 20.5. The Hall–Kier alpha value is -2.90. The predicted octanol–water partition coefficient (Wildman–Crippen LogP) is 1.86. The molecular weight excluding hydrogens is 402 g/mol. The number of carbonyl (C=O) groups is 1. The Bertz CT molecular complexity index is 911. The summed E-state index contributed by atoms with van der Waals surface area (Å²) in [6.07, 6.45) is 0.541. The third-order valence-electron chi connectivity index (χ3n) is 5.55. The zero-order valence-corrected chi connectivity index (χ0v) is 19.3. The molecule has 0 radical (unpaired) electrons. The molecule has 172 valence electrons. The monoisotopic (exact) mass is 437 g/mol. The highest BCUT2D eigenvalue weighted by Crippen LogP contribution is 2.18. The van der Waals surface area contributed by atoms with Crippen molar-refractivity contribution in [2.24, 2.45) is 4.99 Å². The number of guanidine groups is 1. The van der Waals surface area contributed by atoms with Gasteiger partial charge in [0.15, 0.2) is 5.96 Å². The smallest absolute Gasteiger partial charge is 0.253 e. The van der Waals surface area contributed by atoms with E-state index >= 15 is 0 Å². The van der Waals surface area contributed by atoms with Crippen LogP contribution in [0.25, 0.3) is 0 Å². The predicted molar refractivity (Wildman–Crippen MR) is 129 cm³/mol. The molecule has 0 spiro atoms. The molecule has 1 atom stereocenters. The van der Waals surface area contributed by atoms with Crippen LogP contribution >= 0.6 is 0 Å². The lowest BCUT2D eigenvalue weighted by Crippen LogP contribution is -2.45. The lowest BCUT2D eigenvalue weighted by molar-refractivity contribution is 0.0827. The number of hydrogen-bond donors (Lipinski definition) is 3. The van der Waals surface area contributed by atoms with Crippen LogP contribution in [0.15, 0.2) is 53.5 Å². The molecule has 2 aromatic rings. The molecule has 1 heterocycles. The van der Waals surface area contributed by atoms with Crippen molar-refractivity contribution in [3.05, 3.63) is 70.8 Å². The Kier molecular flexibility index (Phi) is 8.64. The highest BCUT2D eigenvalue weighted by Gasteiger charge is 2.18. The van der Waals surface area contributed by atoms with E-state index in [9.17, 15) is 9.90 Å². The van der Waals surface area contributed by atoms with Crippen molar-refractivity contribution in [3.63, 3.8) is 0 Å². The second kappa shape index (κ2) is 11.6. The number of fused-ring (bicyclic) bond motifs is 1. The molecule has 1 aliphatic rings. The molecule has 32 heavy (non-hydrogen) atoms. The fourth-order valence-electron chi connectivity index (χ4n) is 3.81. The summed E-state index contributed by atoms with van der Waals surface area (Å²) in [6, 6.07) is 16.0. The summed E-state index contributed by atoms with van der Waals surface area (Å²) in [7, 11) is 3.49. The minimum Gasteiger partial charge on any atom is -0.390 e. The second-order valence-electron chi connectivity index (χ2n) is 8.38. The van der Waals surface area contributed by atoms with Gasteiger partial charge < -0.3 is 20.6 Å². The molecule has 3 rings (SSSR count). The maximum Gasteiger partial charge on any atom is 0.253 e. The minimum absolute atomic E-state index is 0.0127. The van der Waals surface area contributed by atoms with Gasteiger partial charge in [0.1, 0.15) is 0 Å². The highest BCUT2D eigenvalue weighted by molar-refractivity contribution is 5.93. The van der Waals surface area contributed by atoms with E-state index in [4.69, 9.17) is 0 Å². The van der Waals surface area contributed by atoms with Gasteiger partial charge in [-0.2, -0.15) is 0 Å². The lowest BCUT2D eigenvalue weighted by Gasteiger charge is -2.30. The molecule has 0 saturated carbocycles. The van der Waals surface area contributed by atoms with Crippen LogP contribution in [0.3, 0.4) is 0 Å². The zero-order chi connectivity index (χ0) is 22.9. The van der Waals surface area contributed by atoms with Crippen LogP contribution in [0, 0.1) is 0 Å². The largest absolute Gasteiger partial charge is 0.390 e. The number of aliphatic hydroxyl groups excluding tert-OH is 1. The summed E-state index contributed by atoms with van der Waals surface area (Å²) < 4.78 is 0. The zero-order valence-electron chi connectivity index (χ0n) is 19.3. The topological polar surface area (TPSA) is 80.2 Å². The summed E-state index contributed by atoms with van der Waals surface area (Å²) in [5, 5.41) is 17.0. The molecule has 0 aromatic heterocycles. The first-order valence-electron chi connectivity index (χ1n) is 11.3. The molecule has 3 N–H and O–H groups in total. The second-order valence-corrected chi connectivity index (χ2v) is 8.38. The summed E-state index contributed by atoms with van der Waals surface area (Å²) in [6.45, 7) is 6.15. The molecule has 0 aliphatic carbocycles. The number of amides is 1. The van der Waals surface area contributed by atoms with Crippen LogP contribution in [0.1, 0.15) is 34.0 Å². The molecule has 1 amide bonds. The fraction of sp³-hybridized carbons (Fsp3) is 0.440. The number of benzene rings is 2. The molecule has 7 nitrogen and oxygen atoms in total. The fourth-order valence-corrected chi connectivity index (χ4v) is 3.81. The average molecular weight is 438 g/mol. The standard InChI is InChI=1S/C25H35N5O2/c1-4-26-25(27-15-19-9-11-21(12-10-19)24(32)29(2)3)28-16-23(31)18-30-14-13-20-7-5-6-8-22(20)17-30/h5-12,23,31H,4,13-18H2,1-3H3,(H2,26,27,28). The molecule has 1 unspecified atom stereocenters. The maximum atomic E-state index is 12.0. The Morgan fingerprint density at radius 2 is 1.84 bits per heavy atom. The SMILES string of the molecule is CCNC(=NCc1ccc(C(=O)N(C)C)cc1)NCC(O)CN1CCc2ccccc2C1. The number of hydrogen-bond acceptors (Lipinski definition) is 4. The van der Waals surface area contributed by atoms with Crippen molar-refractivity contribution in [2.45, 2.75) is 32.5 Å². The minimum atomic E-state index is -0.486. The first-order chi connectivity index (χ1) is 15.5. The van der Waals surface area contributed by atoms with E-state index in [1.54, 1.807) is 19.0 Å². The Labute approximate surface area is 191 Å². The molecule has 2 aromatic carbocycles. The van der Waals surface area contributed by atoms with E-state index in [1.807, 2.05) is 31.2 Å². The van der Waals surface area contributed by atoms with Crippen molar-refractivity contribution >= 4 is 11.9 Å². The van der Waals surface area contributed by atoms with Gasteiger partial charge in [0, 0.05) is 52.4 Å². The van der Waals surface area contributed by atoms with Crippen molar-refractivity contribution in [1.82, 2.24) is 20.4 Å². The van der Waals surface area contributed by atoms with Gasteiger partial charge in [0.2, 0.25) is 0 Å². The first-order valence-corrected chi connectivity index (χ1v) is 11.3. The molecule has 1 aliphatic heterocycles. The quantitative estimate of drug-likeness (QED) is 0.434. The lowest BCUT2D eigenvalue weighted by atomic mass is 10.00. The summed E-state index contributed by atoms with van der Waals surface area (Å²) >= 11 is 0. The average Bonchev–Trinajstić information content (AvgIpc) is 2.80. The number of rotatable bonds is 8. The van der Waals surface area contributed by atoms with Crippen LogP contribution in [0.2, 0.25) is 0 Å². The Morgan fingerprint density at radius 3 is 2.53 bits per heavy atom. The van der Waals surface area contributed by atoms with Crippen LogP contribution in [-0.4, -0.2) is 73.2 Å². The molecule has 0 fully saturated rings. The molecular formula is C25H35N5O2. The van der Waals surface area contributed by atoms with Crippen LogP contribution in [-0.2, 0) is 19.5 Å². The van der Waals surface area contributed by atoms with Gasteiger partial charge in [0.05, 0.1) is 12.6 Å². The maximum absolute atomic E-state index is 12.0. The molecule has 0 saturated heterocycles. The van der Waals surface area contributed by atoms with Gasteiger partial charge in [-0.1, -0.05) is 36.4 Å². The van der Waals surface area contributed by atoms with E-state index in [1.165, 1.54) is 11.1 Å². The number of aliphatic imine (C=N–C) groups is 1. The van der Waals surface area contributed by atoms with Crippen LogP contribution < -0.4 is 10.6 Å². The highest BCUT2D eigenvalue weighted by atomic mass is 16.3. The van der Waals surface area contributed by atoms with Gasteiger partial charge >= 0.3 is 0 Å². The number of aliphatic hydroxyl groups is 1. The normalized spacial score (nSPS) is 15.1. The van der Waals surface area contributed by atoms with E-state index in [2.05, 4.69) is 44.8 Å². The van der Waals surface area contributed by atoms with Crippen molar-refractivity contribution in [1.29, 1.82) is 0 Å².